The van der Waals surface area contributed by atoms with Crippen LogP contribution in [0.1, 0.15) is 5.56 Å². The molecule has 0 saturated carbocycles. The molecule has 5 heteroatoms. The number of rotatable bonds is 5. The van der Waals surface area contributed by atoms with Crippen LogP contribution in [0.15, 0.2) is 24.3 Å². The van der Waals surface area contributed by atoms with Gasteiger partial charge < -0.3 is 15.2 Å². The van der Waals surface area contributed by atoms with Crippen LogP contribution >= 0.6 is 13.5 Å². The first-order valence-electron chi connectivity index (χ1n) is 4.71. The molecule has 0 aliphatic heterocycles. The van der Waals surface area contributed by atoms with Gasteiger partial charge in [0.25, 0.3) is 0 Å². The second-order valence-corrected chi connectivity index (χ2v) is 3.20. The summed E-state index contributed by atoms with van der Waals surface area (Å²) in [6, 6.07) is 6.83. The maximum Gasteiger partial charge on any atom is 0.321 e. The number of likely N-dealkylation sites (N-methyl/N-ethyl adjacent to an activating group) is 1. The van der Waals surface area contributed by atoms with E-state index in [1.807, 2.05) is 24.3 Å². The van der Waals surface area contributed by atoms with Crippen LogP contribution in [0.3, 0.4) is 0 Å². The first-order valence-corrected chi connectivity index (χ1v) is 4.71. The molecule has 0 aliphatic carbocycles. The van der Waals surface area contributed by atoms with Crippen molar-refractivity contribution in [2.24, 2.45) is 0 Å². The van der Waals surface area contributed by atoms with Crippen LogP contribution in [0.4, 0.5) is 0 Å². The molecule has 0 aliphatic rings. The molecule has 90 valence electrons. The molecule has 1 rings (SSSR count). The molecular formula is C11H17NO3S. The summed E-state index contributed by atoms with van der Waals surface area (Å²) in [5.41, 5.74) is 0.891. The van der Waals surface area contributed by atoms with E-state index in [0.29, 0.717) is 6.42 Å². The van der Waals surface area contributed by atoms with E-state index in [4.69, 9.17) is 9.84 Å². The molecule has 0 spiro atoms. The number of para-hydroxylation sites is 1. The lowest BCUT2D eigenvalue weighted by Crippen LogP contribution is -2.35. The lowest BCUT2D eigenvalue weighted by atomic mass is 10.1. The Balaban J connectivity index is 0.00000225. The van der Waals surface area contributed by atoms with E-state index < -0.39 is 12.0 Å². The molecule has 1 aromatic carbocycles. The van der Waals surface area contributed by atoms with Crippen LogP contribution in [0.25, 0.3) is 0 Å². The third kappa shape index (κ3) is 3.75. The Morgan fingerprint density at radius 3 is 2.62 bits per heavy atom. The standard InChI is InChI=1S/C11H15NO3.H2S/c1-12-9(11(13)14)7-8-5-3-4-6-10(8)15-2;/h3-6,9,12H,7H2,1-2H3,(H,13,14);1H2/t9-;/m0./s1. The van der Waals surface area contributed by atoms with Gasteiger partial charge >= 0.3 is 5.97 Å². The largest absolute Gasteiger partial charge is 0.496 e. The van der Waals surface area contributed by atoms with E-state index in [1.54, 1.807) is 14.2 Å². The molecule has 1 aromatic rings. The van der Waals surface area contributed by atoms with E-state index in [1.165, 1.54) is 0 Å². The third-order valence-electron chi connectivity index (χ3n) is 2.26. The molecule has 0 aromatic heterocycles. The number of benzene rings is 1. The number of hydrogen-bond acceptors (Lipinski definition) is 3. The fourth-order valence-electron chi connectivity index (χ4n) is 1.40. The van der Waals surface area contributed by atoms with E-state index >= 15 is 0 Å². The zero-order chi connectivity index (χ0) is 11.3. The Morgan fingerprint density at radius 1 is 1.50 bits per heavy atom. The second-order valence-electron chi connectivity index (χ2n) is 3.20. The molecule has 0 saturated heterocycles. The van der Waals surface area contributed by atoms with Gasteiger partial charge in [-0.2, -0.15) is 13.5 Å². The van der Waals surface area contributed by atoms with Gasteiger partial charge in [-0.3, -0.25) is 4.79 Å². The van der Waals surface area contributed by atoms with Crippen LogP contribution in [-0.4, -0.2) is 31.3 Å². The minimum atomic E-state index is -0.858. The Labute approximate surface area is 102 Å². The summed E-state index contributed by atoms with van der Waals surface area (Å²) in [6.45, 7) is 0. The van der Waals surface area contributed by atoms with Crippen molar-refractivity contribution in [3.63, 3.8) is 0 Å². The molecule has 1 atom stereocenters. The highest BCUT2D eigenvalue weighted by atomic mass is 32.1. The van der Waals surface area contributed by atoms with Crippen molar-refractivity contribution in [1.29, 1.82) is 0 Å². The Hall–Kier alpha value is -1.20. The van der Waals surface area contributed by atoms with Gasteiger partial charge in [-0.25, -0.2) is 0 Å². The van der Waals surface area contributed by atoms with Crippen LogP contribution in [0.5, 0.6) is 5.75 Å². The molecule has 0 fully saturated rings. The molecule has 16 heavy (non-hydrogen) atoms. The lowest BCUT2D eigenvalue weighted by molar-refractivity contribution is -0.139. The molecule has 0 radical (unpaired) electrons. The number of methoxy groups -OCH3 is 1. The fraction of sp³-hybridized carbons (Fsp3) is 0.364. The van der Waals surface area contributed by atoms with Gasteiger partial charge in [0, 0.05) is 6.42 Å². The van der Waals surface area contributed by atoms with Crippen molar-refractivity contribution in [1.82, 2.24) is 5.32 Å². The Morgan fingerprint density at radius 2 is 2.12 bits per heavy atom. The maximum atomic E-state index is 10.8. The predicted octanol–water partition coefficient (Wildman–Crippen LogP) is 1.02. The second kappa shape index (κ2) is 7.14. The van der Waals surface area contributed by atoms with Gasteiger partial charge in [0.15, 0.2) is 0 Å². The first kappa shape index (κ1) is 14.8. The topological polar surface area (TPSA) is 58.6 Å². The quantitative estimate of drug-likeness (QED) is 0.810. The molecule has 0 unspecified atom stereocenters. The average Bonchev–Trinajstić information content (AvgIpc) is 2.25. The smallest absolute Gasteiger partial charge is 0.321 e. The van der Waals surface area contributed by atoms with Crippen molar-refractivity contribution in [2.75, 3.05) is 14.2 Å². The zero-order valence-corrected chi connectivity index (χ0v) is 10.4. The minimum absolute atomic E-state index is 0. The maximum absolute atomic E-state index is 10.8. The lowest BCUT2D eigenvalue weighted by Gasteiger charge is -2.13. The summed E-state index contributed by atoms with van der Waals surface area (Å²) in [5, 5.41) is 11.6. The number of carboxylic acids is 1. The molecule has 0 bridgehead atoms. The Bertz CT molecular complexity index is 344. The summed E-state index contributed by atoms with van der Waals surface area (Å²) in [7, 11) is 3.21. The molecule has 4 nitrogen and oxygen atoms in total. The fourth-order valence-corrected chi connectivity index (χ4v) is 1.40. The highest BCUT2D eigenvalue weighted by Crippen LogP contribution is 2.18. The summed E-state index contributed by atoms with van der Waals surface area (Å²) in [4.78, 5) is 10.8. The Kier molecular flexibility index (Phi) is 6.60. The van der Waals surface area contributed by atoms with Crippen LogP contribution < -0.4 is 10.1 Å². The molecule has 0 amide bonds. The van der Waals surface area contributed by atoms with Crippen molar-refractivity contribution >= 4 is 19.5 Å². The van der Waals surface area contributed by atoms with E-state index in [-0.39, 0.29) is 13.5 Å². The summed E-state index contributed by atoms with van der Waals surface area (Å²) in [6.07, 6.45) is 0.413. The van der Waals surface area contributed by atoms with Gasteiger partial charge in [0.1, 0.15) is 11.8 Å². The molecule has 0 heterocycles. The number of carboxylic acid groups (broad SMARTS) is 1. The van der Waals surface area contributed by atoms with Gasteiger partial charge in [-0.15, -0.1) is 0 Å². The average molecular weight is 243 g/mol. The highest BCUT2D eigenvalue weighted by molar-refractivity contribution is 7.59. The number of ether oxygens (including phenoxy) is 1. The van der Waals surface area contributed by atoms with Crippen molar-refractivity contribution in [3.8, 4) is 5.75 Å². The van der Waals surface area contributed by atoms with Crippen molar-refractivity contribution < 1.29 is 14.6 Å². The van der Waals surface area contributed by atoms with Crippen molar-refractivity contribution in [2.45, 2.75) is 12.5 Å². The summed E-state index contributed by atoms with van der Waals surface area (Å²) < 4.78 is 5.15. The number of hydrogen-bond donors (Lipinski definition) is 2. The first-order chi connectivity index (χ1) is 7.19. The van der Waals surface area contributed by atoms with Gasteiger partial charge in [-0.05, 0) is 18.7 Å². The normalized spacial score (nSPS) is 11.4. The van der Waals surface area contributed by atoms with E-state index in [2.05, 4.69) is 5.32 Å². The molecule has 2 N–H and O–H groups in total. The molecular weight excluding hydrogens is 226 g/mol. The predicted molar refractivity (Wildman–Crippen MR) is 67.6 cm³/mol. The number of carbonyl (C=O) groups is 1. The van der Waals surface area contributed by atoms with E-state index in [9.17, 15) is 4.79 Å². The van der Waals surface area contributed by atoms with Gasteiger partial charge in [-0.1, -0.05) is 18.2 Å². The van der Waals surface area contributed by atoms with Gasteiger partial charge in [0.05, 0.1) is 7.11 Å². The van der Waals surface area contributed by atoms with Crippen LogP contribution in [-0.2, 0) is 11.2 Å². The number of nitrogens with one attached hydrogen (secondary N) is 1. The highest BCUT2D eigenvalue weighted by Gasteiger charge is 2.16. The summed E-state index contributed by atoms with van der Waals surface area (Å²) in [5.74, 6) is -0.137. The SMILES string of the molecule is CN[C@@H](Cc1ccccc1OC)C(=O)O.S. The van der Waals surface area contributed by atoms with E-state index in [0.717, 1.165) is 11.3 Å². The third-order valence-corrected chi connectivity index (χ3v) is 2.26. The summed E-state index contributed by atoms with van der Waals surface area (Å²) >= 11 is 0. The number of aliphatic carboxylic acids is 1. The zero-order valence-electron chi connectivity index (χ0n) is 9.36. The minimum Gasteiger partial charge on any atom is -0.496 e. The van der Waals surface area contributed by atoms with Crippen LogP contribution in [0, 0.1) is 0 Å². The van der Waals surface area contributed by atoms with Gasteiger partial charge in [0.2, 0.25) is 0 Å². The van der Waals surface area contributed by atoms with Crippen molar-refractivity contribution in [3.05, 3.63) is 29.8 Å². The monoisotopic (exact) mass is 243 g/mol. The van der Waals surface area contributed by atoms with Crippen LogP contribution in [0.2, 0.25) is 0 Å².